The second-order valence-corrected chi connectivity index (χ2v) is 4.97. The third-order valence-corrected chi connectivity index (χ3v) is 3.60. The van der Waals surface area contributed by atoms with Crippen LogP contribution < -0.4 is 5.56 Å². The number of esters is 2. The minimum absolute atomic E-state index is 0.0908. The summed E-state index contributed by atoms with van der Waals surface area (Å²) in [7, 11) is 1.21. The first kappa shape index (κ1) is 14.2. The number of fused-ring (bicyclic) bond motifs is 2. The molecule has 2 aromatic rings. The molecular weight excluding hydrogens is 288 g/mol. The van der Waals surface area contributed by atoms with Gasteiger partial charge in [0.25, 0.3) is 5.56 Å². The Morgan fingerprint density at radius 2 is 2.18 bits per heavy atom. The van der Waals surface area contributed by atoms with Gasteiger partial charge in [0.1, 0.15) is 5.82 Å². The molecule has 1 aromatic carbocycles. The molecule has 22 heavy (non-hydrogen) atoms. The number of benzene rings is 1. The molecular formula is C15H14N2O5. The Bertz CT molecular complexity index is 825. The first-order chi connectivity index (χ1) is 10.6. The molecule has 0 N–H and O–H groups in total. The lowest BCUT2D eigenvalue weighted by Crippen LogP contribution is -2.21. The molecule has 1 aliphatic rings. The van der Waals surface area contributed by atoms with E-state index in [1.807, 2.05) is 0 Å². The van der Waals surface area contributed by atoms with Crippen LogP contribution in [-0.4, -0.2) is 35.2 Å². The maximum Gasteiger partial charge on any atom is 0.344 e. The number of aryl methyl sites for hydroxylation is 1. The summed E-state index contributed by atoms with van der Waals surface area (Å²) in [6.45, 7) is 0.230. The van der Waals surface area contributed by atoms with Crippen molar-refractivity contribution in [2.75, 3.05) is 13.7 Å². The maximum atomic E-state index is 12.3. The van der Waals surface area contributed by atoms with E-state index in [9.17, 15) is 14.4 Å². The zero-order valence-corrected chi connectivity index (χ0v) is 12.0. The highest BCUT2D eigenvalue weighted by Gasteiger charge is 2.17. The molecule has 1 aromatic heterocycles. The number of ether oxygens (including phenoxy) is 2. The molecule has 0 saturated carbocycles. The summed E-state index contributed by atoms with van der Waals surface area (Å²) in [5.41, 5.74) is 0.615. The van der Waals surface area contributed by atoms with Gasteiger partial charge in [0.05, 0.1) is 23.6 Å². The Morgan fingerprint density at radius 1 is 1.36 bits per heavy atom. The topological polar surface area (TPSA) is 87.5 Å². The quantitative estimate of drug-likeness (QED) is 0.775. The number of nitrogens with zero attached hydrogens (tertiary/aromatic N) is 2. The van der Waals surface area contributed by atoms with Crippen LogP contribution in [0.4, 0.5) is 0 Å². The van der Waals surface area contributed by atoms with E-state index in [1.54, 1.807) is 10.6 Å². The number of aromatic nitrogens is 2. The molecule has 3 rings (SSSR count). The minimum Gasteiger partial charge on any atom is -0.466 e. The summed E-state index contributed by atoms with van der Waals surface area (Å²) in [5, 5.41) is 0.468. The van der Waals surface area contributed by atoms with Crippen molar-refractivity contribution in [1.82, 2.24) is 9.55 Å². The lowest BCUT2D eigenvalue weighted by atomic mass is 10.1. The van der Waals surface area contributed by atoms with Gasteiger partial charge >= 0.3 is 11.9 Å². The number of hydrogen-bond acceptors (Lipinski definition) is 6. The van der Waals surface area contributed by atoms with Gasteiger partial charge < -0.3 is 9.47 Å². The fourth-order valence-corrected chi connectivity index (χ4v) is 2.48. The van der Waals surface area contributed by atoms with Gasteiger partial charge in [-0.05, 0) is 24.6 Å². The average Bonchev–Trinajstić information content (AvgIpc) is 3.00. The molecule has 0 atom stereocenters. The highest BCUT2D eigenvalue weighted by molar-refractivity contribution is 5.94. The van der Waals surface area contributed by atoms with Crippen molar-refractivity contribution >= 4 is 22.8 Å². The first-order valence-electron chi connectivity index (χ1n) is 6.87. The van der Waals surface area contributed by atoms with E-state index in [-0.39, 0.29) is 11.1 Å². The Morgan fingerprint density at radius 3 is 2.95 bits per heavy atom. The molecule has 7 nitrogen and oxygen atoms in total. The van der Waals surface area contributed by atoms with Gasteiger partial charge in [0, 0.05) is 13.0 Å². The van der Waals surface area contributed by atoms with Gasteiger partial charge in [0.2, 0.25) is 0 Å². The smallest absolute Gasteiger partial charge is 0.344 e. The van der Waals surface area contributed by atoms with Gasteiger partial charge in [-0.2, -0.15) is 0 Å². The number of hydrogen-bond donors (Lipinski definition) is 0. The Kier molecular flexibility index (Phi) is 3.62. The molecule has 1 aliphatic heterocycles. The summed E-state index contributed by atoms with van der Waals surface area (Å²) >= 11 is 0. The minimum atomic E-state index is -0.658. The van der Waals surface area contributed by atoms with E-state index in [0.29, 0.717) is 17.4 Å². The summed E-state index contributed by atoms with van der Waals surface area (Å²) in [6.07, 6.45) is 1.65. The second kappa shape index (κ2) is 5.59. The number of carbonyl (C=O) groups is 2. The zero-order chi connectivity index (χ0) is 15.7. The molecule has 114 valence electrons. The van der Waals surface area contributed by atoms with Crippen LogP contribution in [-0.2, 0) is 27.2 Å². The lowest BCUT2D eigenvalue weighted by molar-refractivity contribution is -0.144. The number of carbonyl (C=O) groups excluding carboxylic acids is 2. The number of rotatable bonds is 3. The van der Waals surface area contributed by atoms with Crippen molar-refractivity contribution in [3.05, 3.63) is 39.9 Å². The summed E-state index contributed by atoms with van der Waals surface area (Å²) in [4.78, 5) is 39.6. The van der Waals surface area contributed by atoms with Crippen LogP contribution in [0.5, 0.6) is 0 Å². The van der Waals surface area contributed by atoms with Gasteiger partial charge in [0.15, 0.2) is 6.61 Å². The van der Waals surface area contributed by atoms with Crippen LogP contribution in [0.3, 0.4) is 0 Å². The van der Waals surface area contributed by atoms with Crippen LogP contribution in [0, 0.1) is 0 Å². The molecule has 0 bridgehead atoms. The van der Waals surface area contributed by atoms with Crippen molar-refractivity contribution in [1.29, 1.82) is 0 Å². The second-order valence-electron chi connectivity index (χ2n) is 4.97. The highest BCUT2D eigenvalue weighted by atomic mass is 16.6. The SMILES string of the molecule is COC(=O)COC(=O)c1ccc2c(=O)n3c(nc2c1)CCC3. The predicted molar refractivity (Wildman–Crippen MR) is 76.6 cm³/mol. The molecule has 0 saturated heterocycles. The molecule has 0 radical (unpaired) electrons. The van der Waals surface area contributed by atoms with Gasteiger partial charge in [-0.3, -0.25) is 9.36 Å². The van der Waals surface area contributed by atoms with Crippen molar-refractivity contribution in [2.24, 2.45) is 0 Å². The van der Waals surface area contributed by atoms with Gasteiger partial charge in [-0.15, -0.1) is 0 Å². The predicted octanol–water partition coefficient (Wildman–Crippen LogP) is 0.672. The van der Waals surface area contributed by atoms with Crippen LogP contribution in [0.1, 0.15) is 22.6 Å². The molecule has 7 heteroatoms. The van der Waals surface area contributed by atoms with E-state index >= 15 is 0 Å². The Balaban J connectivity index is 1.93. The van der Waals surface area contributed by atoms with E-state index in [1.165, 1.54) is 19.2 Å². The van der Waals surface area contributed by atoms with Crippen molar-refractivity contribution in [2.45, 2.75) is 19.4 Å². The maximum absolute atomic E-state index is 12.3. The Labute approximate surface area is 125 Å². The molecule has 0 fully saturated rings. The molecule has 0 unspecified atom stereocenters. The summed E-state index contributed by atoms with van der Waals surface area (Å²) < 4.78 is 10.9. The van der Waals surface area contributed by atoms with Crippen LogP contribution >= 0.6 is 0 Å². The number of methoxy groups -OCH3 is 1. The van der Waals surface area contributed by atoms with Crippen molar-refractivity contribution < 1.29 is 19.1 Å². The standard InChI is InChI=1S/C15H14N2O5/c1-21-13(18)8-22-15(20)9-4-5-10-11(7-9)16-12-3-2-6-17(12)14(10)19/h4-5,7H,2-3,6,8H2,1H3. The third-order valence-electron chi connectivity index (χ3n) is 3.60. The van der Waals surface area contributed by atoms with E-state index < -0.39 is 18.5 Å². The van der Waals surface area contributed by atoms with E-state index in [4.69, 9.17) is 4.74 Å². The molecule has 0 aliphatic carbocycles. The fourth-order valence-electron chi connectivity index (χ4n) is 2.48. The van der Waals surface area contributed by atoms with Crippen molar-refractivity contribution in [3.8, 4) is 0 Å². The molecule has 2 heterocycles. The first-order valence-corrected chi connectivity index (χ1v) is 6.87. The lowest BCUT2D eigenvalue weighted by Gasteiger charge is -2.07. The van der Waals surface area contributed by atoms with Crippen LogP contribution in [0.25, 0.3) is 10.9 Å². The monoisotopic (exact) mass is 302 g/mol. The Hall–Kier alpha value is -2.70. The average molecular weight is 302 g/mol. The van der Waals surface area contributed by atoms with Crippen molar-refractivity contribution in [3.63, 3.8) is 0 Å². The third kappa shape index (κ3) is 2.45. The van der Waals surface area contributed by atoms with Crippen LogP contribution in [0.15, 0.2) is 23.0 Å². The zero-order valence-electron chi connectivity index (χ0n) is 12.0. The molecule has 0 spiro atoms. The van der Waals surface area contributed by atoms with Crippen LogP contribution in [0.2, 0.25) is 0 Å². The van der Waals surface area contributed by atoms with Gasteiger partial charge in [-0.1, -0.05) is 0 Å². The largest absolute Gasteiger partial charge is 0.466 e. The summed E-state index contributed by atoms with van der Waals surface area (Å²) in [5.74, 6) is -0.560. The van der Waals surface area contributed by atoms with E-state index in [0.717, 1.165) is 18.7 Å². The normalized spacial score (nSPS) is 13.0. The highest BCUT2D eigenvalue weighted by Crippen LogP contribution is 2.16. The van der Waals surface area contributed by atoms with E-state index in [2.05, 4.69) is 9.72 Å². The molecule has 0 amide bonds. The summed E-state index contributed by atoms with van der Waals surface area (Å²) in [6, 6.07) is 4.56. The fraction of sp³-hybridized carbons (Fsp3) is 0.333. The van der Waals surface area contributed by atoms with Gasteiger partial charge in [-0.25, -0.2) is 14.6 Å².